The molecule has 3 heteroatoms. The molecule has 2 rings (SSSR count). The van der Waals surface area contributed by atoms with Crippen molar-refractivity contribution in [3.63, 3.8) is 0 Å². The summed E-state index contributed by atoms with van der Waals surface area (Å²) in [5.41, 5.74) is 1.31. The molecule has 0 aliphatic carbocycles. The van der Waals surface area contributed by atoms with E-state index < -0.39 is 0 Å². The third kappa shape index (κ3) is 3.43. The van der Waals surface area contributed by atoms with Crippen molar-refractivity contribution < 1.29 is 0 Å². The Labute approximate surface area is 103 Å². The maximum atomic E-state index is 4.37. The summed E-state index contributed by atoms with van der Waals surface area (Å²) in [6.45, 7) is 4.94. The summed E-state index contributed by atoms with van der Waals surface area (Å²) in [5.74, 6) is 1.11. The van der Waals surface area contributed by atoms with Crippen LogP contribution in [0, 0.1) is 0 Å². The van der Waals surface area contributed by atoms with Crippen LogP contribution in [0.1, 0.15) is 24.7 Å². The minimum atomic E-state index is 0.821. The van der Waals surface area contributed by atoms with Crippen LogP contribution in [0.2, 0.25) is 0 Å². The molecule has 0 unspecified atom stereocenters. The van der Waals surface area contributed by atoms with Gasteiger partial charge in [0.1, 0.15) is 5.82 Å². The van der Waals surface area contributed by atoms with E-state index >= 15 is 0 Å². The number of imidazole rings is 1. The third-order valence-corrected chi connectivity index (χ3v) is 2.72. The lowest BCUT2D eigenvalue weighted by molar-refractivity contribution is 0.588. The van der Waals surface area contributed by atoms with Crippen molar-refractivity contribution in [1.82, 2.24) is 14.9 Å². The lowest BCUT2D eigenvalue weighted by atomic mass is 10.2. The molecule has 0 aliphatic rings. The molecular weight excluding hydrogens is 210 g/mol. The fraction of sp³-hybridized carbons (Fsp3) is 0.357. The zero-order chi connectivity index (χ0) is 11.9. The van der Waals surface area contributed by atoms with Gasteiger partial charge in [-0.2, -0.15) is 0 Å². The average molecular weight is 229 g/mol. The normalized spacial score (nSPS) is 10.6. The van der Waals surface area contributed by atoms with Crippen molar-refractivity contribution in [3.8, 4) is 0 Å². The lowest BCUT2D eigenvalue weighted by Gasteiger charge is -2.07. The quantitative estimate of drug-likeness (QED) is 0.825. The highest BCUT2D eigenvalue weighted by atomic mass is 15.1. The molecule has 0 radical (unpaired) electrons. The van der Waals surface area contributed by atoms with Gasteiger partial charge < -0.3 is 9.88 Å². The van der Waals surface area contributed by atoms with Crippen molar-refractivity contribution in [3.05, 3.63) is 54.1 Å². The Balaban J connectivity index is 1.84. The van der Waals surface area contributed by atoms with Crippen molar-refractivity contribution in [2.45, 2.75) is 33.0 Å². The van der Waals surface area contributed by atoms with Gasteiger partial charge in [-0.3, -0.25) is 0 Å². The Bertz CT molecular complexity index is 434. The SMILES string of the molecule is CCCn1ccnc1CNCc1ccccc1. The zero-order valence-corrected chi connectivity index (χ0v) is 10.3. The van der Waals surface area contributed by atoms with Crippen LogP contribution in [-0.2, 0) is 19.6 Å². The van der Waals surface area contributed by atoms with E-state index in [9.17, 15) is 0 Å². The largest absolute Gasteiger partial charge is 0.334 e. The summed E-state index contributed by atoms with van der Waals surface area (Å²) in [7, 11) is 0. The van der Waals surface area contributed by atoms with E-state index in [0.717, 1.165) is 31.9 Å². The first-order valence-corrected chi connectivity index (χ1v) is 6.15. The van der Waals surface area contributed by atoms with E-state index in [0.29, 0.717) is 0 Å². The molecule has 2 aromatic rings. The molecule has 17 heavy (non-hydrogen) atoms. The average Bonchev–Trinajstić information content (AvgIpc) is 2.79. The molecule has 0 saturated heterocycles. The van der Waals surface area contributed by atoms with Gasteiger partial charge >= 0.3 is 0 Å². The number of nitrogens with zero attached hydrogens (tertiary/aromatic N) is 2. The zero-order valence-electron chi connectivity index (χ0n) is 10.3. The Hall–Kier alpha value is -1.61. The van der Waals surface area contributed by atoms with Gasteiger partial charge in [0.25, 0.3) is 0 Å². The maximum absolute atomic E-state index is 4.37. The molecule has 90 valence electrons. The fourth-order valence-electron chi connectivity index (χ4n) is 1.87. The monoisotopic (exact) mass is 229 g/mol. The van der Waals surface area contributed by atoms with Gasteiger partial charge in [-0.05, 0) is 12.0 Å². The first kappa shape index (κ1) is 11.9. The van der Waals surface area contributed by atoms with Crippen LogP contribution >= 0.6 is 0 Å². The topological polar surface area (TPSA) is 29.9 Å². The van der Waals surface area contributed by atoms with Gasteiger partial charge in [0.2, 0.25) is 0 Å². The minimum absolute atomic E-state index is 0.821. The molecular formula is C14H19N3. The number of hydrogen-bond acceptors (Lipinski definition) is 2. The Morgan fingerprint density at radius 2 is 2.00 bits per heavy atom. The van der Waals surface area contributed by atoms with Gasteiger partial charge in [0.15, 0.2) is 0 Å². The highest BCUT2D eigenvalue weighted by Gasteiger charge is 2.00. The Morgan fingerprint density at radius 1 is 1.18 bits per heavy atom. The predicted octanol–water partition coefficient (Wildman–Crippen LogP) is 2.58. The smallest absolute Gasteiger partial charge is 0.122 e. The van der Waals surface area contributed by atoms with Crippen molar-refractivity contribution >= 4 is 0 Å². The van der Waals surface area contributed by atoms with E-state index in [1.807, 2.05) is 18.5 Å². The molecule has 0 atom stereocenters. The summed E-state index contributed by atoms with van der Waals surface area (Å²) >= 11 is 0. The second kappa shape index (κ2) is 6.21. The second-order valence-corrected chi connectivity index (χ2v) is 4.13. The number of nitrogens with one attached hydrogen (secondary N) is 1. The van der Waals surface area contributed by atoms with Gasteiger partial charge in [0.05, 0.1) is 6.54 Å². The molecule has 1 aromatic carbocycles. The van der Waals surface area contributed by atoms with Gasteiger partial charge in [-0.1, -0.05) is 37.3 Å². The Morgan fingerprint density at radius 3 is 2.76 bits per heavy atom. The molecule has 0 amide bonds. The molecule has 1 N–H and O–H groups in total. The van der Waals surface area contributed by atoms with Crippen molar-refractivity contribution in [1.29, 1.82) is 0 Å². The summed E-state index contributed by atoms with van der Waals surface area (Å²) in [4.78, 5) is 4.37. The van der Waals surface area contributed by atoms with Crippen LogP contribution in [0.5, 0.6) is 0 Å². The van der Waals surface area contributed by atoms with Crippen molar-refractivity contribution in [2.75, 3.05) is 0 Å². The Kier molecular flexibility index (Phi) is 4.33. The van der Waals surface area contributed by atoms with Gasteiger partial charge in [-0.15, -0.1) is 0 Å². The van der Waals surface area contributed by atoms with Gasteiger partial charge in [-0.25, -0.2) is 4.98 Å². The number of benzene rings is 1. The molecule has 0 saturated carbocycles. The molecule has 3 nitrogen and oxygen atoms in total. The van der Waals surface area contributed by atoms with Crippen molar-refractivity contribution in [2.24, 2.45) is 0 Å². The number of aromatic nitrogens is 2. The summed E-state index contributed by atoms with van der Waals surface area (Å²) in [6.07, 6.45) is 5.06. The van der Waals surface area contributed by atoms with Gasteiger partial charge in [0, 0.05) is 25.5 Å². The van der Waals surface area contributed by atoms with Crippen LogP contribution < -0.4 is 5.32 Å². The van der Waals surface area contributed by atoms with Crippen LogP contribution in [0.25, 0.3) is 0 Å². The fourth-order valence-corrected chi connectivity index (χ4v) is 1.87. The van der Waals surface area contributed by atoms with E-state index in [1.54, 1.807) is 0 Å². The highest BCUT2D eigenvalue weighted by molar-refractivity contribution is 5.14. The number of rotatable bonds is 6. The molecule has 1 aromatic heterocycles. The molecule has 0 bridgehead atoms. The van der Waals surface area contributed by atoms with Crippen LogP contribution in [0.15, 0.2) is 42.7 Å². The second-order valence-electron chi connectivity index (χ2n) is 4.13. The van der Waals surface area contributed by atoms with E-state index in [4.69, 9.17) is 0 Å². The standard InChI is InChI=1S/C14H19N3/c1-2-9-17-10-8-16-14(17)12-15-11-13-6-4-3-5-7-13/h3-8,10,15H,2,9,11-12H2,1H3. The predicted molar refractivity (Wildman–Crippen MR) is 69.5 cm³/mol. The van der Waals surface area contributed by atoms with E-state index in [-0.39, 0.29) is 0 Å². The molecule has 0 fully saturated rings. The summed E-state index contributed by atoms with van der Waals surface area (Å²) < 4.78 is 2.21. The summed E-state index contributed by atoms with van der Waals surface area (Å²) in [5, 5.41) is 3.42. The maximum Gasteiger partial charge on any atom is 0.122 e. The number of aryl methyl sites for hydroxylation is 1. The first-order chi connectivity index (χ1) is 8.40. The molecule has 0 spiro atoms. The van der Waals surface area contributed by atoms with Crippen LogP contribution in [-0.4, -0.2) is 9.55 Å². The highest BCUT2D eigenvalue weighted by Crippen LogP contribution is 2.01. The molecule has 1 heterocycles. The lowest BCUT2D eigenvalue weighted by Crippen LogP contribution is -2.16. The third-order valence-electron chi connectivity index (χ3n) is 2.72. The molecule has 0 aliphatic heterocycles. The summed E-state index contributed by atoms with van der Waals surface area (Å²) in [6, 6.07) is 10.4. The minimum Gasteiger partial charge on any atom is -0.334 e. The van der Waals surface area contributed by atoms with E-state index in [2.05, 4.69) is 46.1 Å². The first-order valence-electron chi connectivity index (χ1n) is 6.15. The van der Waals surface area contributed by atoms with E-state index in [1.165, 1.54) is 5.56 Å². The number of hydrogen-bond donors (Lipinski definition) is 1. The van der Waals surface area contributed by atoms with Crippen LogP contribution in [0.3, 0.4) is 0 Å². The van der Waals surface area contributed by atoms with Crippen LogP contribution in [0.4, 0.5) is 0 Å².